The number of amides is 5. The molecule has 0 aliphatic carbocycles. The van der Waals surface area contributed by atoms with Crippen molar-refractivity contribution in [2.75, 3.05) is 6.54 Å². The molecule has 0 unspecified atom stereocenters. The highest BCUT2D eigenvalue weighted by molar-refractivity contribution is 5.96. The molecule has 322 valence electrons. The third-order valence-corrected chi connectivity index (χ3v) is 10.6. The summed E-state index contributed by atoms with van der Waals surface area (Å²) in [6, 6.07) is 26.1. The summed E-state index contributed by atoms with van der Waals surface area (Å²) in [5.41, 5.74) is 21.0. The Balaban J connectivity index is 1.24. The van der Waals surface area contributed by atoms with Crippen molar-refractivity contribution in [1.82, 2.24) is 36.2 Å². The Morgan fingerprint density at radius 1 is 0.629 bits per heavy atom. The maximum Gasteiger partial charge on any atom is 0.243 e. The van der Waals surface area contributed by atoms with Gasteiger partial charge in [0.15, 0.2) is 5.96 Å². The molecule has 0 aliphatic heterocycles. The van der Waals surface area contributed by atoms with Crippen LogP contribution in [0.5, 0.6) is 0 Å². The average Bonchev–Trinajstić information content (AvgIpc) is 3.94. The Morgan fingerprint density at radius 3 is 2.02 bits per heavy atom. The van der Waals surface area contributed by atoms with Crippen LogP contribution in [0.3, 0.4) is 0 Å². The van der Waals surface area contributed by atoms with E-state index in [2.05, 4.69) is 41.2 Å². The Morgan fingerprint density at radius 2 is 1.27 bits per heavy atom. The zero-order chi connectivity index (χ0) is 43.8. The number of nitrogens with zero attached hydrogens (tertiary/aromatic N) is 2. The molecule has 0 saturated heterocycles. The summed E-state index contributed by atoms with van der Waals surface area (Å²) in [6.45, 7) is 0.160. The first-order chi connectivity index (χ1) is 30.0. The van der Waals surface area contributed by atoms with Crippen LogP contribution in [0.4, 0.5) is 0 Å². The Labute approximate surface area is 358 Å². The van der Waals surface area contributed by atoms with E-state index in [-0.39, 0.29) is 56.9 Å². The fraction of sp³-hybridized carbons (Fsp3) is 0.283. The number of primary amides is 1. The highest BCUT2D eigenvalue weighted by Crippen LogP contribution is 2.21. The van der Waals surface area contributed by atoms with E-state index < -0.39 is 47.8 Å². The number of fused-ring (bicyclic) bond motifs is 2. The summed E-state index contributed by atoms with van der Waals surface area (Å²) < 4.78 is 0. The highest BCUT2D eigenvalue weighted by Gasteiger charge is 2.32. The molecule has 12 N–H and O–H groups in total. The summed E-state index contributed by atoms with van der Waals surface area (Å²) in [6.07, 6.45) is 6.76. The zero-order valence-electron chi connectivity index (χ0n) is 34.3. The summed E-state index contributed by atoms with van der Waals surface area (Å²) in [4.78, 5) is 83.3. The molecule has 0 aliphatic rings. The second-order valence-electron chi connectivity index (χ2n) is 15.2. The molecule has 16 heteroatoms. The van der Waals surface area contributed by atoms with Gasteiger partial charge in [-0.3, -0.25) is 29.0 Å². The number of nitrogens with one attached hydrogen (secondary N) is 6. The standard InChI is InChI=1S/C46H53N11O5/c47-42(59)38(24-32-26-52-36-19-7-6-18-35(32)36)56-43(60)37(20-10-22-51-46(48)49)55-44(61)39(23-31-16-9-15-30-14-4-5-17-34(30)31)57-45(62)40(25-33-27-50-28-53-33)54-41(58)21-8-13-29-11-2-1-3-12-29/h1-7,9,11-12,14-19,26-28,37-40,52H,8,10,13,20-25H2,(H2,47,59)(H,50,53)(H,54,58)(H,55,61)(H,56,60)(H,57,62)(H4,48,49,51)/t37-,38-,39+,40-/m0/s1. The van der Waals surface area contributed by atoms with E-state index in [1.807, 2.05) is 97.1 Å². The third kappa shape index (κ3) is 12.5. The lowest BCUT2D eigenvalue weighted by Crippen LogP contribution is -2.59. The summed E-state index contributed by atoms with van der Waals surface area (Å²) in [5, 5.41) is 14.0. The van der Waals surface area contributed by atoms with E-state index in [4.69, 9.17) is 17.2 Å². The molecule has 0 radical (unpaired) electrons. The van der Waals surface area contributed by atoms with Crippen molar-refractivity contribution in [2.24, 2.45) is 22.2 Å². The van der Waals surface area contributed by atoms with Gasteiger partial charge in [-0.15, -0.1) is 0 Å². The van der Waals surface area contributed by atoms with E-state index in [9.17, 15) is 24.0 Å². The molecule has 0 spiro atoms. The minimum Gasteiger partial charge on any atom is -0.370 e. The second-order valence-corrected chi connectivity index (χ2v) is 15.2. The molecule has 2 aromatic heterocycles. The van der Waals surface area contributed by atoms with Gasteiger partial charge in [0.1, 0.15) is 24.2 Å². The number of hydrogen-bond acceptors (Lipinski definition) is 7. The Kier molecular flexibility index (Phi) is 15.4. The lowest BCUT2D eigenvalue weighted by molar-refractivity contribution is -0.134. The molecule has 0 saturated carbocycles. The van der Waals surface area contributed by atoms with Gasteiger partial charge in [-0.25, -0.2) is 4.98 Å². The van der Waals surface area contributed by atoms with Gasteiger partial charge in [0.25, 0.3) is 0 Å². The number of hydrogen-bond donors (Lipinski definition) is 9. The number of H-pyrrole nitrogens is 2. The predicted molar refractivity (Wildman–Crippen MR) is 238 cm³/mol. The first kappa shape index (κ1) is 44.1. The molecule has 0 fully saturated rings. The lowest BCUT2D eigenvalue weighted by Gasteiger charge is -2.26. The largest absolute Gasteiger partial charge is 0.370 e. The minimum atomic E-state index is -1.22. The second kappa shape index (κ2) is 21.7. The van der Waals surface area contributed by atoms with Crippen LogP contribution in [0.25, 0.3) is 21.7 Å². The number of para-hydroxylation sites is 1. The van der Waals surface area contributed by atoms with E-state index in [0.29, 0.717) is 18.5 Å². The number of imidazole rings is 1. The quantitative estimate of drug-likeness (QED) is 0.0278. The van der Waals surface area contributed by atoms with Gasteiger partial charge in [0.05, 0.1) is 6.33 Å². The first-order valence-corrected chi connectivity index (χ1v) is 20.6. The van der Waals surface area contributed by atoms with E-state index in [1.165, 1.54) is 6.33 Å². The average molecular weight is 840 g/mol. The summed E-state index contributed by atoms with van der Waals surface area (Å²) in [7, 11) is 0. The number of nitrogens with two attached hydrogens (primary N) is 3. The van der Waals surface area contributed by atoms with Gasteiger partial charge >= 0.3 is 0 Å². The first-order valence-electron chi connectivity index (χ1n) is 20.6. The number of aromatic amines is 2. The molecule has 62 heavy (non-hydrogen) atoms. The van der Waals surface area contributed by atoms with Gasteiger partial charge in [-0.2, -0.15) is 0 Å². The Bertz CT molecular complexity index is 2480. The molecule has 0 bridgehead atoms. The molecule has 16 nitrogen and oxygen atoms in total. The molecule has 4 aromatic carbocycles. The minimum absolute atomic E-state index is 0.0353. The van der Waals surface area contributed by atoms with Crippen molar-refractivity contribution >= 4 is 57.2 Å². The smallest absolute Gasteiger partial charge is 0.243 e. The fourth-order valence-corrected chi connectivity index (χ4v) is 7.42. The number of benzene rings is 4. The monoisotopic (exact) mass is 839 g/mol. The van der Waals surface area contributed by atoms with Crippen molar-refractivity contribution in [3.05, 3.63) is 138 Å². The van der Waals surface area contributed by atoms with E-state index in [1.54, 1.807) is 12.4 Å². The van der Waals surface area contributed by atoms with Crippen LogP contribution in [0.15, 0.2) is 121 Å². The van der Waals surface area contributed by atoms with Gasteiger partial charge in [0.2, 0.25) is 29.5 Å². The van der Waals surface area contributed by atoms with Gasteiger partial charge in [-0.05, 0) is 59.2 Å². The van der Waals surface area contributed by atoms with Crippen LogP contribution in [0.2, 0.25) is 0 Å². The van der Waals surface area contributed by atoms with E-state index in [0.717, 1.165) is 38.4 Å². The number of carbonyl (C=O) groups is 5. The van der Waals surface area contributed by atoms with Gasteiger partial charge < -0.3 is 48.4 Å². The molecular weight excluding hydrogens is 787 g/mol. The van der Waals surface area contributed by atoms with Crippen molar-refractivity contribution < 1.29 is 24.0 Å². The Hall–Kier alpha value is -7.49. The topological polar surface area (TPSA) is 268 Å². The number of aryl methyl sites for hydroxylation is 1. The van der Waals surface area contributed by atoms with Crippen LogP contribution >= 0.6 is 0 Å². The van der Waals surface area contributed by atoms with Crippen molar-refractivity contribution in [2.45, 2.75) is 75.5 Å². The highest BCUT2D eigenvalue weighted by atomic mass is 16.2. The van der Waals surface area contributed by atoms with Gasteiger partial charge in [-0.1, -0.05) is 91.0 Å². The number of aliphatic imine (C=N–C) groups is 1. The van der Waals surface area contributed by atoms with Crippen LogP contribution in [0.1, 0.15) is 48.1 Å². The third-order valence-electron chi connectivity index (χ3n) is 10.6. The van der Waals surface area contributed by atoms with Crippen molar-refractivity contribution in [1.29, 1.82) is 0 Å². The molecule has 5 amide bonds. The maximum atomic E-state index is 14.6. The lowest BCUT2D eigenvalue weighted by atomic mass is 9.97. The fourth-order valence-electron chi connectivity index (χ4n) is 7.42. The number of rotatable bonds is 22. The molecule has 2 heterocycles. The molecular formula is C46H53N11O5. The number of carbonyl (C=O) groups excluding carboxylic acids is 5. The zero-order valence-corrected chi connectivity index (χ0v) is 34.3. The van der Waals surface area contributed by atoms with Gasteiger partial charge in [0, 0.05) is 61.2 Å². The van der Waals surface area contributed by atoms with Crippen LogP contribution in [-0.2, 0) is 49.7 Å². The van der Waals surface area contributed by atoms with E-state index >= 15 is 0 Å². The maximum absolute atomic E-state index is 14.6. The number of guanidine groups is 1. The van der Waals surface area contributed by atoms with Crippen molar-refractivity contribution in [3.63, 3.8) is 0 Å². The summed E-state index contributed by atoms with van der Waals surface area (Å²) >= 11 is 0. The molecule has 6 aromatic rings. The molecule has 4 atom stereocenters. The summed E-state index contributed by atoms with van der Waals surface area (Å²) in [5.74, 6) is -3.17. The predicted octanol–water partition coefficient (Wildman–Crippen LogP) is 2.57. The SMILES string of the molecule is NC(=O)[C@H](Cc1c[nH]c2ccccc12)NC(=O)[C@H](CCCN=C(N)N)NC(=O)[C@@H](Cc1cccc2ccccc12)NC(=O)[C@H](Cc1cnc[nH]1)NC(=O)CCCc1ccccc1. The van der Waals surface area contributed by atoms with Crippen LogP contribution in [0, 0.1) is 0 Å². The molecule has 6 rings (SSSR count). The van der Waals surface area contributed by atoms with Crippen LogP contribution < -0.4 is 38.5 Å². The normalized spacial score (nSPS) is 13.0. The number of aromatic nitrogens is 3. The van der Waals surface area contributed by atoms with Crippen LogP contribution in [-0.4, -0.2) is 81.2 Å². The van der Waals surface area contributed by atoms with Crippen molar-refractivity contribution in [3.8, 4) is 0 Å².